The molecule has 5 heteroatoms. The minimum absolute atomic E-state index is 0.0127. The summed E-state index contributed by atoms with van der Waals surface area (Å²) in [6.45, 7) is 0. The first-order chi connectivity index (χ1) is 5.18. The highest BCUT2D eigenvalue weighted by Gasteiger charge is 2.42. The van der Waals surface area contributed by atoms with E-state index in [0.717, 1.165) is 0 Å². The molecule has 0 saturated carbocycles. The summed E-state index contributed by atoms with van der Waals surface area (Å²) in [6, 6.07) is 0. The molecular weight excluding hydrogens is 166 g/mol. The van der Waals surface area contributed by atoms with Crippen LogP contribution in [0.1, 0.15) is 6.42 Å². The largest absolute Gasteiger partial charge is 0.477 e. The van der Waals surface area contributed by atoms with Crippen molar-refractivity contribution in [2.45, 2.75) is 11.8 Å². The number of hydrogen-bond donors (Lipinski definition) is 1. The van der Waals surface area contributed by atoms with Crippen molar-refractivity contribution in [2.24, 2.45) is 0 Å². The molecule has 2 rings (SSSR count). The van der Waals surface area contributed by atoms with Crippen LogP contribution in [0.5, 0.6) is 0 Å². The number of nitrogens with zero attached hydrogens (tertiary/aromatic N) is 1. The zero-order valence-electron chi connectivity index (χ0n) is 5.48. The number of rotatable bonds is 1. The number of carbonyl (C=O) groups is 2. The molecule has 0 radical (unpaired) electrons. The lowest BCUT2D eigenvalue weighted by molar-refractivity contribution is -0.137. The molecule has 0 aliphatic carbocycles. The van der Waals surface area contributed by atoms with E-state index in [1.165, 1.54) is 22.9 Å². The second-order valence-electron chi connectivity index (χ2n) is 2.38. The molecule has 1 N–H and O–H groups in total. The van der Waals surface area contributed by atoms with Crippen LogP contribution in [0.4, 0.5) is 0 Å². The molecule has 0 aromatic rings. The van der Waals surface area contributed by atoms with Crippen LogP contribution < -0.4 is 0 Å². The van der Waals surface area contributed by atoms with Crippen LogP contribution in [0.2, 0.25) is 0 Å². The summed E-state index contributed by atoms with van der Waals surface area (Å²) in [5.41, 5.74) is 0. The highest BCUT2D eigenvalue weighted by molar-refractivity contribution is 8.04. The number of amides is 1. The molecule has 0 bridgehead atoms. The molecule has 1 fully saturated rings. The standard InChI is InChI=1S/C6H5NO3S/c8-4-1-5-7(4)2-3(11-5)6(9)10/h2,5H,1H2,(H,9,10)/t5-/m0/s1. The van der Waals surface area contributed by atoms with Crippen molar-refractivity contribution >= 4 is 23.6 Å². The quantitative estimate of drug-likeness (QED) is 0.573. The van der Waals surface area contributed by atoms with Crippen molar-refractivity contribution in [3.63, 3.8) is 0 Å². The molecule has 0 unspecified atom stereocenters. The lowest BCUT2D eigenvalue weighted by atomic mass is 10.2. The fourth-order valence-corrected chi connectivity index (χ4v) is 2.15. The van der Waals surface area contributed by atoms with Crippen molar-refractivity contribution < 1.29 is 14.7 Å². The zero-order chi connectivity index (χ0) is 8.01. The number of hydrogen-bond acceptors (Lipinski definition) is 3. The summed E-state index contributed by atoms with van der Waals surface area (Å²) >= 11 is 1.24. The Morgan fingerprint density at radius 3 is 3.00 bits per heavy atom. The van der Waals surface area contributed by atoms with E-state index in [2.05, 4.69) is 0 Å². The topological polar surface area (TPSA) is 57.6 Å². The highest BCUT2D eigenvalue weighted by Crippen LogP contribution is 2.41. The predicted molar refractivity (Wildman–Crippen MR) is 38.6 cm³/mol. The fraction of sp³-hybridized carbons (Fsp3) is 0.333. The van der Waals surface area contributed by atoms with E-state index in [1.807, 2.05) is 0 Å². The SMILES string of the molecule is O=C(O)C1=CN2C(=O)C[C@@H]2S1. The second kappa shape index (κ2) is 2.01. The zero-order valence-corrected chi connectivity index (χ0v) is 6.30. The van der Waals surface area contributed by atoms with Gasteiger partial charge < -0.3 is 10.0 Å². The number of thioether (sulfide) groups is 1. The third kappa shape index (κ3) is 0.841. The maximum atomic E-state index is 10.8. The normalized spacial score (nSPS) is 27.6. The Labute approximate surface area is 66.9 Å². The summed E-state index contributed by atoms with van der Waals surface area (Å²) in [7, 11) is 0. The first kappa shape index (κ1) is 6.72. The van der Waals surface area contributed by atoms with Crippen LogP contribution in [0.3, 0.4) is 0 Å². The molecule has 1 saturated heterocycles. The molecule has 2 heterocycles. The fourth-order valence-electron chi connectivity index (χ4n) is 1.06. The second-order valence-corrected chi connectivity index (χ2v) is 3.60. The number of β-lactam (4-membered cyclic amide) rings is 1. The van der Waals surface area contributed by atoms with E-state index in [0.29, 0.717) is 6.42 Å². The lowest BCUT2D eigenvalue weighted by Crippen LogP contribution is -2.44. The van der Waals surface area contributed by atoms with Crippen molar-refractivity contribution in [1.29, 1.82) is 0 Å². The molecule has 1 atom stereocenters. The highest BCUT2D eigenvalue weighted by atomic mass is 32.2. The average molecular weight is 171 g/mol. The molecule has 0 spiro atoms. The number of carboxylic acid groups (broad SMARTS) is 1. The Kier molecular flexibility index (Phi) is 1.23. The van der Waals surface area contributed by atoms with Gasteiger partial charge in [-0.15, -0.1) is 0 Å². The first-order valence-electron chi connectivity index (χ1n) is 3.11. The molecular formula is C6H5NO3S. The van der Waals surface area contributed by atoms with Gasteiger partial charge >= 0.3 is 5.97 Å². The number of carbonyl (C=O) groups excluding carboxylic acids is 1. The molecule has 1 amide bonds. The molecule has 2 aliphatic heterocycles. The molecule has 58 valence electrons. The van der Waals surface area contributed by atoms with Crippen molar-refractivity contribution in [2.75, 3.05) is 0 Å². The van der Waals surface area contributed by atoms with Crippen molar-refractivity contribution in [3.8, 4) is 0 Å². The Hall–Kier alpha value is -0.970. The summed E-state index contributed by atoms with van der Waals surface area (Å²) < 4.78 is 0. The van der Waals surface area contributed by atoms with Crippen molar-refractivity contribution in [1.82, 2.24) is 4.90 Å². The average Bonchev–Trinajstić information content (AvgIpc) is 2.26. The molecule has 4 nitrogen and oxygen atoms in total. The molecule has 2 aliphatic rings. The third-order valence-electron chi connectivity index (χ3n) is 1.68. The van der Waals surface area contributed by atoms with Crippen LogP contribution >= 0.6 is 11.8 Å². The van der Waals surface area contributed by atoms with E-state index in [9.17, 15) is 9.59 Å². The van der Waals surface area contributed by atoms with Gasteiger partial charge in [-0.2, -0.15) is 0 Å². The first-order valence-corrected chi connectivity index (χ1v) is 3.99. The molecule has 0 aromatic carbocycles. The van der Waals surface area contributed by atoms with E-state index >= 15 is 0 Å². The van der Waals surface area contributed by atoms with Gasteiger partial charge in [0.15, 0.2) is 0 Å². The van der Waals surface area contributed by atoms with Crippen molar-refractivity contribution in [3.05, 3.63) is 11.1 Å². The Bertz CT molecular complexity index is 273. The number of fused-ring (bicyclic) bond motifs is 1. The summed E-state index contributed by atoms with van der Waals surface area (Å²) in [5.74, 6) is -0.934. The Balaban J connectivity index is 2.18. The smallest absolute Gasteiger partial charge is 0.343 e. The van der Waals surface area contributed by atoms with E-state index in [4.69, 9.17) is 5.11 Å². The van der Waals surface area contributed by atoms with Gasteiger partial charge in [0.2, 0.25) is 5.91 Å². The van der Waals surface area contributed by atoms with Crippen LogP contribution in [0.15, 0.2) is 11.1 Å². The van der Waals surface area contributed by atoms with E-state index in [1.54, 1.807) is 0 Å². The van der Waals surface area contributed by atoms with Gasteiger partial charge in [-0.05, 0) is 0 Å². The maximum Gasteiger partial charge on any atom is 0.343 e. The monoisotopic (exact) mass is 171 g/mol. The van der Waals surface area contributed by atoms with Crippen LogP contribution in [-0.4, -0.2) is 27.3 Å². The summed E-state index contributed by atoms with van der Waals surface area (Å²) in [6.07, 6.45) is 1.88. The summed E-state index contributed by atoms with van der Waals surface area (Å²) in [4.78, 5) is 22.9. The van der Waals surface area contributed by atoms with Crippen LogP contribution in [0.25, 0.3) is 0 Å². The van der Waals surface area contributed by atoms with Gasteiger partial charge in [-0.25, -0.2) is 4.79 Å². The van der Waals surface area contributed by atoms with Gasteiger partial charge in [-0.3, -0.25) is 4.79 Å². The van der Waals surface area contributed by atoms with Gasteiger partial charge in [0, 0.05) is 6.20 Å². The predicted octanol–water partition coefficient (Wildman–Crippen LogP) is 0.218. The molecule has 0 aromatic heterocycles. The van der Waals surface area contributed by atoms with Gasteiger partial charge in [-0.1, -0.05) is 11.8 Å². The summed E-state index contributed by atoms with van der Waals surface area (Å²) in [5, 5.41) is 8.60. The van der Waals surface area contributed by atoms with Gasteiger partial charge in [0.05, 0.1) is 11.8 Å². The number of aliphatic carboxylic acids is 1. The van der Waals surface area contributed by atoms with Gasteiger partial charge in [0.25, 0.3) is 0 Å². The minimum atomic E-state index is -0.947. The van der Waals surface area contributed by atoms with E-state index < -0.39 is 5.97 Å². The number of carboxylic acids is 1. The third-order valence-corrected chi connectivity index (χ3v) is 2.88. The van der Waals surface area contributed by atoms with E-state index in [-0.39, 0.29) is 16.2 Å². The van der Waals surface area contributed by atoms with Gasteiger partial charge in [0.1, 0.15) is 4.91 Å². The molecule has 11 heavy (non-hydrogen) atoms. The Morgan fingerprint density at radius 2 is 2.55 bits per heavy atom. The van der Waals surface area contributed by atoms with Crippen LogP contribution in [-0.2, 0) is 9.59 Å². The maximum absolute atomic E-state index is 10.8. The Morgan fingerprint density at radius 1 is 1.82 bits per heavy atom. The van der Waals surface area contributed by atoms with Crippen LogP contribution in [0, 0.1) is 0 Å². The minimum Gasteiger partial charge on any atom is -0.477 e. The lowest BCUT2D eigenvalue weighted by Gasteiger charge is -2.31.